The number of carbonyl (C=O) groups is 2. The maximum Gasteiger partial charge on any atom is 0.240 e. The molecule has 2 aromatic carbocycles. The lowest BCUT2D eigenvalue weighted by molar-refractivity contribution is 0.0954. The van der Waals surface area contributed by atoms with Crippen molar-refractivity contribution in [3.8, 4) is 0 Å². The van der Waals surface area contributed by atoms with E-state index in [0.29, 0.717) is 48.2 Å². The van der Waals surface area contributed by atoms with E-state index < -0.39 is 0 Å². The van der Waals surface area contributed by atoms with E-state index >= 15 is 0 Å². The van der Waals surface area contributed by atoms with Crippen LogP contribution in [0.15, 0.2) is 58.5 Å². The first kappa shape index (κ1) is 18.9. The van der Waals surface area contributed by atoms with Gasteiger partial charge in [0.1, 0.15) is 0 Å². The van der Waals surface area contributed by atoms with Crippen LogP contribution < -0.4 is 0 Å². The highest BCUT2D eigenvalue weighted by atomic mass is 16.1. The largest absolute Gasteiger partial charge is 0.294 e. The highest BCUT2D eigenvalue weighted by Crippen LogP contribution is 2.17. The number of carbonyl (C=O) groups excluding carboxylic acids is 4. The minimum absolute atomic E-state index is 0.0184. The lowest BCUT2D eigenvalue weighted by atomic mass is 10.0. The lowest BCUT2D eigenvalue weighted by Crippen LogP contribution is -2.01. The van der Waals surface area contributed by atoms with Crippen LogP contribution in [0.3, 0.4) is 0 Å². The third-order valence-electron chi connectivity index (χ3n) is 3.79. The van der Waals surface area contributed by atoms with Crippen molar-refractivity contribution in [2.24, 2.45) is 9.98 Å². The van der Waals surface area contributed by atoms with Crippen LogP contribution >= 0.6 is 0 Å². The second kappa shape index (κ2) is 9.74. The Balaban J connectivity index is 1.78. The Kier molecular flexibility index (Phi) is 7.07. The molecule has 0 aliphatic rings. The van der Waals surface area contributed by atoms with Gasteiger partial charge in [0.05, 0.1) is 11.4 Å². The molecule has 0 N–H and O–H groups in total. The van der Waals surface area contributed by atoms with Crippen molar-refractivity contribution < 1.29 is 19.2 Å². The molecule has 0 fully saturated rings. The normalized spacial score (nSPS) is 9.69. The third kappa shape index (κ3) is 5.56. The zero-order chi connectivity index (χ0) is 18.8. The fourth-order valence-electron chi connectivity index (χ4n) is 2.41. The topological polar surface area (TPSA) is 93.0 Å². The number of ketones is 2. The molecule has 6 heteroatoms. The first-order chi connectivity index (χ1) is 12.6. The average molecular weight is 348 g/mol. The van der Waals surface area contributed by atoms with Crippen molar-refractivity contribution in [1.82, 2.24) is 0 Å². The fourth-order valence-corrected chi connectivity index (χ4v) is 2.41. The van der Waals surface area contributed by atoms with E-state index in [1.54, 1.807) is 48.5 Å². The number of rotatable bonds is 9. The molecule has 0 heterocycles. The van der Waals surface area contributed by atoms with Gasteiger partial charge in [0.15, 0.2) is 11.6 Å². The van der Waals surface area contributed by atoms with Crippen molar-refractivity contribution in [3.05, 3.63) is 59.7 Å². The van der Waals surface area contributed by atoms with Crippen molar-refractivity contribution in [3.63, 3.8) is 0 Å². The molecule has 6 nitrogen and oxygen atoms in total. The molecule has 0 unspecified atom stereocenters. The van der Waals surface area contributed by atoms with E-state index in [2.05, 4.69) is 9.98 Å². The summed E-state index contributed by atoms with van der Waals surface area (Å²) in [5.41, 5.74) is 2.00. The molecule has 0 saturated heterocycles. The Morgan fingerprint density at radius 3 is 1.31 bits per heavy atom. The maximum atomic E-state index is 12.1. The molecule has 0 amide bonds. The molecule has 26 heavy (non-hydrogen) atoms. The smallest absolute Gasteiger partial charge is 0.240 e. The second-order valence-electron chi connectivity index (χ2n) is 5.55. The number of nitrogens with zero attached hydrogens (tertiary/aromatic N) is 2. The minimum Gasteiger partial charge on any atom is -0.294 e. The SMILES string of the molecule is O=C=Nc1ccc(C(=O)CCCCC(=O)c2ccc(N=C=O)cc2)cc1. The number of hydrogen-bond donors (Lipinski definition) is 0. The Morgan fingerprint density at radius 1 is 0.654 bits per heavy atom. The molecule has 0 radical (unpaired) electrons. The van der Waals surface area contributed by atoms with Crippen molar-refractivity contribution >= 4 is 35.1 Å². The van der Waals surface area contributed by atoms with Gasteiger partial charge >= 0.3 is 0 Å². The molecule has 2 rings (SSSR count). The van der Waals surface area contributed by atoms with Gasteiger partial charge in [0.25, 0.3) is 0 Å². The van der Waals surface area contributed by atoms with Gasteiger partial charge in [0, 0.05) is 24.0 Å². The minimum atomic E-state index is -0.0184. The highest BCUT2D eigenvalue weighted by molar-refractivity contribution is 5.97. The summed E-state index contributed by atoms with van der Waals surface area (Å²) in [4.78, 5) is 51.4. The number of unbranched alkanes of at least 4 members (excludes halogenated alkanes) is 1. The van der Waals surface area contributed by atoms with Gasteiger partial charge in [-0.3, -0.25) is 9.59 Å². The van der Waals surface area contributed by atoms with Crippen LogP contribution in [-0.2, 0) is 9.59 Å². The third-order valence-corrected chi connectivity index (χ3v) is 3.79. The molecule has 0 spiro atoms. The van der Waals surface area contributed by atoms with Gasteiger partial charge in [-0.2, -0.15) is 9.98 Å². The zero-order valence-electron chi connectivity index (χ0n) is 14.0. The van der Waals surface area contributed by atoms with Crippen LogP contribution in [0.25, 0.3) is 0 Å². The Hall–Kier alpha value is -3.46. The molecule has 0 aliphatic carbocycles. The van der Waals surface area contributed by atoms with Crippen LogP contribution in [0.1, 0.15) is 46.4 Å². The maximum absolute atomic E-state index is 12.1. The van der Waals surface area contributed by atoms with Gasteiger partial charge in [-0.1, -0.05) is 0 Å². The van der Waals surface area contributed by atoms with E-state index in [0.717, 1.165) is 0 Å². The molecule has 0 bridgehead atoms. The number of Topliss-reactive ketones (excluding diaryl/α,β-unsaturated/α-hetero) is 2. The molecule has 2 aromatic rings. The molecular formula is C20H16N2O4. The highest BCUT2D eigenvalue weighted by Gasteiger charge is 2.08. The van der Waals surface area contributed by atoms with Crippen LogP contribution in [0.5, 0.6) is 0 Å². The molecule has 130 valence electrons. The van der Waals surface area contributed by atoms with E-state index in [-0.39, 0.29) is 11.6 Å². The summed E-state index contributed by atoms with van der Waals surface area (Å²) < 4.78 is 0. The Labute approximate surface area is 150 Å². The van der Waals surface area contributed by atoms with Gasteiger partial charge in [-0.15, -0.1) is 0 Å². The van der Waals surface area contributed by atoms with Gasteiger partial charge in [-0.25, -0.2) is 9.59 Å². The standard InChI is InChI=1S/C20H16N2O4/c23-13-21-17-9-5-15(6-10-17)19(25)3-1-2-4-20(26)16-7-11-18(12-8-16)22-14-24/h5-12H,1-4H2. The molecule has 0 aromatic heterocycles. The van der Waals surface area contributed by atoms with Gasteiger partial charge in [0.2, 0.25) is 12.2 Å². The predicted molar refractivity (Wildman–Crippen MR) is 95.6 cm³/mol. The lowest BCUT2D eigenvalue weighted by Gasteiger charge is -2.03. The van der Waals surface area contributed by atoms with Crippen molar-refractivity contribution in [2.75, 3.05) is 0 Å². The second-order valence-corrected chi connectivity index (χ2v) is 5.55. The number of isocyanates is 2. The van der Waals surface area contributed by atoms with Crippen molar-refractivity contribution in [1.29, 1.82) is 0 Å². The van der Waals surface area contributed by atoms with E-state index in [4.69, 9.17) is 0 Å². The summed E-state index contributed by atoms with van der Waals surface area (Å²) in [5, 5.41) is 0. The van der Waals surface area contributed by atoms with Gasteiger partial charge in [-0.05, 0) is 61.4 Å². The fraction of sp³-hybridized carbons (Fsp3) is 0.200. The summed E-state index contributed by atoms with van der Waals surface area (Å²) >= 11 is 0. The van der Waals surface area contributed by atoms with E-state index in [1.165, 1.54) is 12.2 Å². The Bertz CT molecular complexity index is 798. The predicted octanol–water partition coefficient (Wildman–Crippen LogP) is 4.25. The average Bonchev–Trinajstić information content (AvgIpc) is 2.66. The van der Waals surface area contributed by atoms with E-state index in [9.17, 15) is 19.2 Å². The summed E-state index contributed by atoms with van der Waals surface area (Å²) in [7, 11) is 0. The van der Waals surface area contributed by atoms with Gasteiger partial charge < -0.3 is 0 Å². The first-order valence-electron chi connectivity index (χ1n) is 8.06. The number of hydrogen-bond acceptors (Lipinski definition) is 6. The Morgan fingerprint density at radius 2 is 1.00 bits per heavy atom. The zero-order valence-corrected chi connectivity index (χ0v) is 14.0. The number of aliphatic imine (C=N–C) groups is 2. The molecular weight excluding hydrogens is 332 g/mol. The molecule has 0 saturated carbocycles. The van der Waals surface area contributed by atoms with Crippen molar-refractivity contribution in [2.45, 2.75) is 25.7 Å². The monoisotopic (exact) mass is 348 g/mol. The van der Waals surface area contributed by atoms with Crippen LogP contribution in [0, 0.1) is 0 Å². The van der Waals surface area contributed by atoms with Crippen LogP contribution in [-0.4, -0.2) is 23.7 Å². The summed E-state index contributed by atoms with van der Waals surface area (Å²) in [6, 6.07) is 12.8. The first-order valence-corrected chi connectivity index (χ1v) is 8.06. The quantitative estimate of drug-likeness (QED) is 0.293. The molecule has 0 atom stereocenters. The van der Waals surface area contributed by atoms with Crippen LogP contribution in [0.4, 0.5) is 11.4 Å². The summed E-state index contributed by atoms with van der Waals surface area (Å²) in [6.45, 7) is 0. The summed E-state index contributed by atoms with van der Waals surface area (Å²) in [6.07, 6.45) is 4.78. The summed E-state index contributed by atoms with van der Waals surface area (Å²) in [5.74, 6) is -0.0367. The number of benzene rings is 2. The van der Waals surface area contributed by atoms with Crippen LogP contribution in [0.2, 0.25) is 0 Å². The van der Waals surface area contributed by atoms with E-state index in [1.807, 2.05) is 0 Å². The molecule has 0 aliphatic heterocycles.